The zero-order valence-corrected chi connectivity index (χ0v) is 22.0. The predicted molar refractivity (Wildman–Crippen MR) is 127 cm³/mol. The number of benzene rings is 1. The van der Waals surface area contributed by atoms with E-state index in [4.69, 9.17) is 18.8 Å². The third-order valence-electron chi connectivity index (χ3n) is 6.71. The van der Waals surface area contributed by atoms with E-state index < -0.39 is 65.6 Å². The highest BCUT2D eigenvalue weighted by molar-refractivity contribution is 6.62. The Hall–Kier alpha value is -2.18. The molecule has 0 aliphatic carbocycles. The Morgan fingerprint density at radius 1 is 1.06 bits per heavy atom. The SMILES string of the molecule is CC(C)(C)OC(=O)NC1=N[C@](C)(c2cc(B3OC(C)(C)C(C)(C)O3)ccc2F)CO[C@@]1(C)C(F)(F)F. The van der Waals surface area contributed by atoms with Gasteiger partial charge in [0.25, 0.3) is 0 Å². The molecule has 0 radical (unpaired) electrons. The smallest absolute Gasteiger partial charge is 0.444 e. The van der Waals surface area contributed by atoms with Crippen LogP contribution in [0.2, 0.25) is 0 Å². The highest BCUT2D eigenvalue weighted by Crippen LogP contribution is 2.42. The molecule has 1 fully saturated rings. The number of hydrogen-bond donors (Lipinski definition) is 1. The summed E-state index contributed by atoms with van der Waals surface area (Å²) in [5, 5.41) is 2.08. The van der Waals surface area contributed by atoms with Gasteiger partial charge in [-0.15, -0.1) is 0 Å². The van der Waals surface area contributed by atoms with Gasteiger partial charge in [0, 0.05) is 5.56 Å². The second-order valence-electron chi connectivity index (χ2n) is 11.5. The van der Waals surface area contributed by atoms with Crippen LogP contribution in [0.15, 0.2) is 23.2 Å². The zero-order valence-electron chi connectivity index (χ0n) is 22.0. The lowest BCUT2D eigenvalue weighted by Crippen LogP contribution is -2.62. The quantitative estimate of drug-likeness (QED) is 0.459. The third-order valence-corrected chi connectivity index (χ3v) is 6.71. The number of alkyl carbamates (subject to hydrolysis) is 1. The largest absolute Gasteiger partial charge is 0.494 e. The number of aliphatic imine (C=N–C) groups is 1. The molecule has 1 N–H and O–H groups in total. The molecule has 0 saturated carbocycles. The van der Waals surface area contributed by atoms with Gasteiger partial charge in [0.2, 0.25) is 5.60 Å². The van der Waals surface area contributed by atoms with E-state index in [-0.39, 0.29) is 5.56 Å². The molecular weight excluding hydrogens is 483 g/mol. The summed E-state index contributed by atoms with van der Waals surface area (Å²) < 4.78 is 79.5. The van der Waals surface area contributed by atoms with E-state index in [0.717, 1.165) is 6.92 Å². The Kier molecular flexibility index (Phi) is 6.86. The zero-order chi connectivity index (χ0) is 27.5. The topological polar surface area (TPSA) is 78.4 Å². The second kappa shape index (κ2) is 8.70. The van der Waals surface area contributed by atoms with Crippen LogP contribution in [-0.2, 0) is 24.3 Å². The van der Waals surface area contributed by atoms with Crippen LogP contribution in [0.4, 0.5) is 22.4 Å². The number of alkyl halides is 3. The van der Waals surface area contributed by atoms with Crippen molar-refractivity contribution in [2.24, 2.45) is 4.99 Å². The molecule has 1 amide bonds. The first kappa shape index (κ1) is 28.4. The highest BCUT2D eigenvalue weighted by atomic mass is 19.4. The summed E-state index contributed by atoms with van der Waals surface area (Å²) in [4.78, 5) is 16.6. The fourth-order valence-corrected chi connectivity index (χ4v) is 3.72. The minimum absolute atomic E-state index is 0.0394. The lowest BCUT2D eigenvalue weighted by Gasteiger charge is -2.42. The fourth-order valence-electron chi connectivity index (χ4n) is 3.72. The van der Waals surface area contributed by atoms with Crippen molar-refractivity contribution >= 4 is 24.5 Å². The van der Waals surface area contributed by atoms with Gasteiger partial charge in [-0.2, -0.15) is 13.2 Å². The number of amidine groups is 1. The van der Waals surface area contributed by atoms with Crippen LogP contribution in [0.25, 0.3) is 0 Å². The molecule has 0 bridgehead atoms. The first-order valence-corrected chi connectivity index (χ1v) is 11.6. The molecule has 2 atom stereocenters. The molecule has 2 aliphatic rings. The molecule has 3 rings (SSSR count). The highest BCUT2D eigenvalue weighted by Gasteiger charge is 2.60. The Bertz CT molecular complexity index is 1050. The predicted octanol–water partition coefficient (Wildman–Crippen LogP) is 4.61. The van der Waals surface area contributed by atoms with Gasteiger partial charge < -0.3 is 18.8 Å². The first-order chi connectivity index (χ1) is 16.1. The molecule has 0 unspecified atom stereocenters. The van der Waals surface area contributed by atoms with E-state index in [1.54, 1.807) is 20.8 Å². The number of nitrogens with one attached hydrogen (secondary N) is 1. The number of carbonyl (C=O) groups is 1. The van der Waals surface area contributed by atoms with Crippen molar-refractivity contribution in [3.05, 3.63) is 29.6 Å². The van der Waals surface area contributed by atoms with Gasteiger partial charge >= 0.3 is 19.4 Å². The number of carbonyl (C=O) groups excluding carboxylic acids is 1. The number of hydrogen-bond acceptors (Lipinski definition) is 6. The molecule has 1 aromatic rings. The summed E-state index contributed by atoms with van der Waals surface area (Å²) in [6.45, 7) is 13.7. The molecule has 36 heavy (non-hydrogen) atoms. The number of rotatable bonds is 2. The minimum Gasteiger partial charge on any atom is -0.444 e. The summed E-state index contributed by atoms with van der Waals surface area (Å²) in [5.41, 5.74) is -6.40. The van der Waals surface area contributed by atoms with E-state index in [1.807, 2.05) is 27.7 Å². The lowest BCUT2D eigenvalue weighted by atomic mass is 9.76. The molecule has 1 aromatic carbocycles. The normalized spacial score (nSPS) is 28.0. The maximum absolute atomic E-state index is 15.1. The van der Waals surface area contributed by atoms with Gasteiger partial charge in [0.05, 0.1) is 17.8 Å². The third kappa shape index (κ3) is 5.26. The molecule has 200 valence electrons. The molecule has 0 spiro atoms. The van der Waals surface area contributed by atoms with Crippen molar-refractivity contribution in [1.29, 1.82) is 0 Å². The standard InChI is InChI=1S/C24H33BF4N2O5/c1-19(2,3)34-18(32)30-17-23(9,24(27,28)29)33-13-22(8,31-17)15-12-14(10-11-16(15)26)25-35-20(4,5)21(6,7)36-25/h10-12H,13H2,1-9H3,(H,30,31,32)/t22-,23+/m0/s1. The minimum atomic E-state index is -4.93. The van der Waals surface area contributed by atoms with Crippen molar-refractivity contribution < 1.29 is 41.1 Å². The average molecular weight is 516 g/mol. The van der Waals surface area contributed by atoms with Gasteiger partial charge in [-0.25, -0.2) is 9.18 Å². The van der Waals surface area contributed by atoms with E-state index >= 15 is 4.39 Å². The van der Waals surface area contributed by atoms with Crippen LogP contribution in [0.1, 0.15) is 67.9 Å². The van der Waals surface area contributed by atoms with Gasteiger partial charge in [0.1, 0.15) is 22.8 Å². The van der Waals surface area contributed by atoms with Crippen LogP contribution in [-0.4, -0.2) is 54.2 Å². The molecule has 2 heterocycles. The van der Waals surface area contributed by atoms with Crippen molar-refractivity contribution in [2.75, 3.05) is 6.61 Å². The van der Waals surface area contributed by atoms with Crippen LogP contribution in [0.5, 0.6) is 0 Å². The Labute approximate surface area is 209 Å². The van der Waals surface area contributed by atoms with Gasteiger partial charge in [-0.3, -0.25) is 10.3 Å². The molecule has 1 saturated heterocycles. The van der Waals surface area contributed by atoms with Crippen molar-refractivity contribution in [3.8, 4) is 0 Å². The Balaban J connectivity index is 2.05. The molecule has 0 aromatic heterocycles. The summed E-state index contributed by atoms with van der Waals surface area (Å²) >= 11 is 0. The Morgan fingerprint density at radius 3 is 2.11 bits per heavy atom. The summed E-state index contributed by atoms with van der Waals surface area (Å²) in [5.74, 6) is -1.55. The van der Waals surface area contributed by atoms with E-state index in [2.05, 4.69) is 10.3 Å². The monoisotopic (exact) mass is 516 g/mol. The van der Waals surface area contributed by atoms with Gasteiger partial charge in [-0.05, 0) is 73.8 Å². The van der Waals surface area contributed by atoms with E-state index in [0.29, 0.717) is 5.46 Å². The average Bonchev–Trinajstić information content (AvgIpc) is 2.90. The number of halogens is 4. The van der Waals surface area contributed by atoms with Crippen LogP contribution in [0.3, 0.4) is 0 Å². The van der Waals surface area contributed by atoms with Gasteiger partial charge in [-0.1, -0.05) is 12.1 Å². The van der Waals surface area contributed by atoms with Crippen molar-refractivity contribution in [3.63, 3.8) is 0 Å². The fraction of sp³-hybridized carbons (Fsp3) is 0.667. The lowest BCUT2D eigenvalue weighted by molar-refractivity contribution is -0.250. The van der Waals surface area contributed by atoms with Crippen LogP contribution in [0, 0.1) is 5.82 Å². The number of nitrogens with zero attached hydrogens (tertiary/aromatic N) is 1. The molecule has 7 nitrogen and oxygen atoms in total. The molecular formula is C24H33BF4N2O5. The second-order valence-corrected chi connectivity index (χ2v) is 11.5. The summed E-state index contributed by atoms with van der Waals surface area (Å²) in [7, 11) is -0.828. The van der Waals surface area contributed by atoms with E-state index in [1.165, 1.54) is 25.1 Å². The summed E-state index contributed by atoms with van der Waals surface area (Å²) in [6.07, 6.45) is -6.07. The van der Waals surface area contributed by atoms with Gasteiger partial charge in [0.15, 0.2) is 0 Å². The Morgan fingerprint density at radius 2 is 1.61 bits per heavy atom. The molecule has 12 heteroatoms. The van der Waals surface area contributed by atoms with E-state index in [9.17, 15) is 18.0 Å². The van der Waals surface area contributed by atoms with Crippen LogP contribution < -0.4 is 10.8 Å². The number of amides is 1. The first-order valence-electron chi connectivity index (χ1n) is 11.6. The van der Waals surface area contributed by atoms with Crippen molar-refractivity contribution in [2.45, 2.75) is 96.4 Å². The van der Waals surface area contributed by atoms with Crippen molar-refractivity contribution in [1.82, 2.24) is 5.32 Å². The molecule has 2 aliphatic heterocycles. The maximum Gasteiger partial charge on any atom is 0.494 e. The maximum atomic E-state index is 15.1. The summed E-state index contributed by atoms with van der Waals surface area (Å²) in [6, 6.07) is 4.10. The van der Waals surface area contributed by atoms with Crippen LogP contribution >= 0.6 is 0 Å². The number of ether oxygens (including phenoxy) is 2.